The van der Waals surface area contributed by atoms with Crippen molar-refractivity contribution in [2.45, 2.75) is 200 Å². The van der Waals surface area contributed by atoms with E-state index in [1.165, 1.54) is 57.8 Å². The van der Waals surface area contributed by atoms with Crippen LogP contribution in [0.25, 0.3) is 0 Å². The van der Waals surface area contributed by atoms with Gasteiger partial charge in [0, 0.05) is 19.3 Å². The number of hydrogen-bond acceptors (Lipinski definition) is 6. The van der Waals surface area contributed by atoms with Crippen LogP contribution in [0.4, 0.5) is 0 Å². The summed E-state index contributed by atoms with van der Waals surface area (Å²) in [5.74, 6) is -0.954. The van der Waals surface area contributed by atoms with Crippen molar-refractivity contribution in [3.05, 3.63) is 72.9 Å². The molecule has 0 rings (SSSR count). The van der Waals surface area contributed by atoms with E-state index in [9.17, 15) is 14.4 Å². The van der Waals surface area contributed by atoms with Crippen LogP contribution < -0.4 is 0 Å². The van der Waals surface area contributed by atoms with E-state index >= 15 is 0 Å². The zero-order valence-electron chi connectivity index (χ0n) is 35.0. The lowest BCUT2D eigenvalue weighted by Gasteiger charge is -2.18. The minimum atomic E-state index is -0.785. The molecule has 54 heavy (non-hydrogen) atoms. The first-order valence-electron chi connectivity index (χ1n) is 21.9. The van der Waals surface area contributed by atoms with Crippen LogP contribution in [0.15, 0.2) is 72.9 Å². The van der Waals surface area contributed by atoms with Crippen molar-refractivity contribution in [3.63, 3.8) is 0 Å². The van der Waals surface area contributed by atoms with Crippen molar-refractivity contribution in [2.75, 3.05) is 13.2 Å². The summed E-state index contributed by atoms with van der Waals surface area (Å²) >= 11 is 0. The molecule has 6 nitrogen and oxygen atoms in total. The average molecular weight is 753 g/mol. The molecule has 0 radical (unpaired) electrons. The molecule has 0 spiro atoms. The van der Waals surface area contributed by atoms with Crippen molar-refractivity contribution >= 4 is 17.9 Å². The predicted molar refractivity (Wildman–Crippen MR) is 228 cm³/mol. The van der Waals surface area contributed by atoms with E-state index in [1.54, 1.807) is 0 Å². The van der Waals surface area contributed by atoms with Gasteiger partial charge in [-0.15, -0.1) is 0 Å². The van der Waals surface area contributed by atoms with Gasteiger partial charge >= 0.3 is 17.9 Å². The van der Waals surface area contributed by atoms with Crippen LogP contribution in [0.3, 0.4) is 0 Å². The van der Waals surface area contributed by atoms with Crippen LogP contribution in [0, 0.1) is 0 Å². The zero-order chi connectivity index (χ0) is 39.4. The van der Waals surface area contributed by atoms with E-state index in [2.05, 4.69) is 93.7 Å². The summed E-state index contributed by atoms with van der Waals surface area (Å²) in [7, 11) is 0. The van der Waals surface area contributed by atoms with E-state index < -0.39 is 6.10 Å². The molecule has 0 N–H and O–H groups in total. The van der Waals surface area contributed by atoms with Gasteiger partial charge in [-0.3, -0.25) is 14.4 Å². The molecule has 0 aromatic carbocycles. The highest BCUT2D eigenvalue weighted by Crippen LogP contribution is 2.13. The summed E-state index contributed by atoms with van der Waals surface area (Å²) in [5, 5.41) is 0. The van der Waals surface area contributed by atoms with Gasteiger partial charge < -0.3 is 14.2 Å². The molecule has 0 fully saturated rings. The molecule has 1 unspecified atom stereocenters. The quantitative estimate of drug-likeness (QED) is 0.0270. The van der Waals surface area contributed by atoms with Gasteiger partial charge in [0.2, 0.25) is 0 Å². The summed E-state index contributed by atoms with van der Waals surface area (Å²) in [5.41, 5.74) is 0. The van der Waals surface area contributed by atoms with Gasteiger partial charge in [-0.25, -0.2) is 0 Å². The van der Waals surface area contributed by atoms with Gasteiger partial charge in [-0.1, -0.05) is 177 Å². The fourth-order valence-corrected chi connectivity index (χ4v) is 5.68. The molecule has 6 heteroatoms. The molecule has 0 aliphatic rings. The first-order valence-corrected chi connectivity index (χ1v) is 21.9. The van der Waals surface area contributed by atoms with Crippen LogP contribution in [-0.2, 0) is 28.6 Å². The Morgan fingerprint density at radius 1 is 0.389 bits per heavy atom. The topological polar surface area (TPSA) is 78.9 Å². The number of hydrogen-bond donors (Lipinski definition) is 0. The third-order valence-electron chi connectivity index (χ3n) is 8.98. The number of esters is 3. The number of carbonyl (C=O) groups is 3. The maximum Gasteiger partial charge on any atom is 0.306 e. The van der Waals surface area contributed by atoms with E-state index in [0.29, 0.717) is 19.3 Å². The smallest absolute Gasteiger partial charge is 0.306 e. The van der Waals surface area contributed by atoms with E-state index in [0.717, 1.165) is 96.3 Å². The highest BCUT2D eigenvalue weighted by Gasteiger charge is 2.19. The lowest BCUT2D eigenvalue weighted by Crippen LogP contribution is -2.30. The van der Waals surface area contributed by atoms with Crippen molar-refractivity contribution in [1.29, 1.82) is 0 Å². The standard InChI is InChI=1S/C48H80O6/c1-4-7-10-13-16-18-19-20-21-22-23-24-25-26-27-28-29-31-32-35-38-41-47(50)53-44-45(43-52-46(49)40-37-34-15-12-9-6-3)54-48(51)42-39-36-33-30-17-14-11-8-5-2/h7,10,16,18,20-21,23-24,26-27,29,31,45H,4-6,8-9,11-15,17,19,22,25,28,30,32-44H2,1-3H3/b10-7-,18-16-,21-20-,24-23-,27-26-,31-29-. The van der Waals surface area contributed by atoms with Gasteiger partial charge in [0.15, 0.2) is 6.10 Å². The van der Waals surface area contributed by atoms with Crippen LogP contribution in [-0.4, -0.2) is 37.2 Å². The van der Waals surface area contributed by atoms with Crippen molar-refractivity contribution < 1.29 is 28.6 Å². The maximum atomic E-state index is 12.6. The van der Waals surface area contributed by atoms with Gasteiger partial charge in [0.1, 0.15) is 13.2 Å². The molecule has 0 heterocycles. The Kier molecular flexibility index (Phi) is 40.1. The van der Waals surface area contributed by atoms with E-state index in [4.69, 9.17) is 14.2 Å². The molecule has 0 amide bonds. The zero-order valence-corrected chi connectivity index (χ0v) is 35.0. The summed E-state index contributed by atoms with van der Waals surface area (Å²) in [4.78, 5) is 37.4. The normalized spacial score (nSPS) is 12.7. The SMILES string of the molecule is CC/C=C\C/C=C\C/C=C\C/C=C\C/C=C\C/C=C\CCCCC(=O)OCC(COC(=O)CCCCCCCC)OC(=O)CCCCCCCCCCC. The second-order valence-electron chi connectivity index (χ2n) is 14.2. The monoisotopic (exact) mass is 753 g/mol. The van der Waals surface area contributed by atoms with Crippen molar-refractivity contribution in [3.8, 4) is 0 Å². The predicted octanol–water partition coefficient (Wildman–Crippen LogP) is 13.9. The summed E-state index contributed by atoms with van der Waals surface area (Å²) in [6.45, 7) is 6.38. The highest BCUT2D eigenvalue weighted by molar-refractivity contribution is 5.71. The number of unbranched alkanes of at least 4 members (excludes halogenated alkanes) is 15. The molecule has 1 atom stereocenters. The van der Waals surface area contributed by atoms with Gasteiger partial charge in [-0.2, -0.15) is 0 Å². The maximum absolute atomic E-state index is 12.6. The summed E-state index contributed by atoms with van der Waals surface area (Å²) in [6, 6.07) is 0. The lowest BCUT2D eigenvalue weighted by atomic mass is 10.1. The highest BCUT2D eigenvalue weighted by atomic mass is 16.6. The Labute approximate surface area is 332 Å². The summed E-state index contributed by atoms with van der Waals surface area (Å²) < 4.78 is 16.5. The molecular weight excluding hydrogens is 673 g/mol. The first kappa shape index (κ1) is 50.9. The minimum Gasteiger partial charge on any atom is -0.462 e. The molecule has 0 bridgehead atoms. The number of ether oxygens (including phenoxy) is 3. The van der Waals surface area contributed by atoms with Gasteiger partial charge in [0.05, 0.1) is 0 Å². The van der Waals surface area contributed by atoms with Crippen LogP contribution >= 0.6 is 0 Å². The number of allylic oxidation sites excluding steroid dienone is 12. The molecule has 0 aromatic rings. The van der Waals surface area contributed by atoms with E-state index in [1.807, 2.05) is 0 Å². The Bertz CT molecular complexity index is 1050. The minimum absolute atomic E-state index is 0.0892. The van der Waals surface area contributed by atoms with E-state index in [-0.39, 0.29) is 31.1 Å². The molecule has 0 saturated heterocycles. The first-order chi connectivity index (χ1) is 26.5. The van der Waals surface area contributed by atoms with Crippen molar-refractivity contribution in [2.24, 2.45) is 0 Å². The van der Waals surface area contributed by atoms with Crippen LogP contribution in [0.1, 0.15) is 194 Å². The molecule has 308 valence electrons. The second-order valence-corrected chi connectivity index (χ2v) is 14.2. The van der Waals surface area contributed by atoms with Crippen molar-refractivity contribution in [1.82, 2.24) is 0 Å². The molecule has 0 aromatic heterocycles. The lowest BCUT2D eigenvalue weighted by molar-refractivity contribution is -0.167. The Morgan fingerprint density at radius 3 is 1.13 bits per heavy atom. The third kappa shape index (κ3) is 40.0. The molecular formula is C48H80O6. The largest absolute Gasteiger partial charge is 0.462 e. The third-order valence-corrected chi connectivity index (χ3v) is 8.98. The number of rotatable bonds is 38. The Hall–Kier alpha value is -3.15. The fourth-order valence-electron chi connectivity index (χ4n) is 5.68. The number of carbonyl (C=O) groups excluding carboxylic acids is 3. The molecule has 0 saturated carbocycles. The van der Waals surface area contributed by atoms with Gasteiger partial charge in [0.25, 0.3) is 0 Å². The Morgan fingerprint density at radius 2 is 0.722 bits per heavy atom. The van der Waals surface area contributed by atoms with Crippen LogP contribution in [0.2, 0.25) is 0 Å². The van der Waals surface area contributed by atoms with Gasteiger partial charge in [-0.05, 0) is 70.6 Å². The Balaban J connectivity index is 4.31. The average Bonchev–Trinajstić information content (AvgIpc) is 3.17. The second kappa shape index (κ2) is 42.6. The molecule has 0 aliphatic carbocycles. The molecule has 0 aliphatic heterocycles. The van der Waals surface area contributed by atoms with Crippen LogP contribution in [0.5, 0.6) is 0 Å². The fraction of sp³-hybridized carbons (Fsp3) is 0.688. The summed E-state index contributed by atoms with van der Waals surface area (Å²) in [6.07, 6.45) is 52.0.